The van der Waals surface area contributed by atoms with Crippen molar-refractivity contribution in [1.82, 2.24) is 14.6 Å². The third kappa shape index (κ3) is 4.90. The summed E-state index contributed by atoms with van der Waals surface area (Å²) in [7, 11) is -1.72. The summed E-state index contributed by atoms with van der Waals surface area (Å²) < 4.78 is 27.5. The number of anilines is 2. The van der Waals surface area contributed by atoms with E-state index in [1.165, 1.54) is 21.4 Å². The van der Waals surface area contributed by atoms with E-state index in [0.29, 0.717) is 37.6 Å². The number of hydrogen-bond acceptors (Lipinski definition) is 7. The summed E-state index contributed by atoms with van der Waals surface area (Å²) in [4.78, 5) is 31.8. The second kappa shape index (κ2) is 9.30. The lowest BCUT2D eigenvalue weighted by atomic mass is 10.2. The van der Waals surface area contributed by atoms with Crippen molar-refractivity contribution in [3.63, 3.8) is 0 Å². The first kappa shape index (κ1) is 22.9. The SMILES string of the molecule is CC1N=C(C(=O)Nc2cccc(S(=O)(=O)N3CCN(C)CC3)c2)NN(c2ccccc2)C1=O. The Morgan fingerprint density at radius 2 is 1.76 bits per heavy atom. The minimum Gasteiger partial charge on any atom is -0.319 e. The molecule has 1 unspecified atom stereocenters. The van der Waals surface area contributed by atoms with Crippen molar-refractivity contribution in [1.29, 1.82) is 0 Å². The molecule has 11 heteroatoms. The van der Waals surface area contributed by atoms with E-state index < -0.39 is 22.0 Å². The maximum atomic E-state index is 13.0. The number of sulfonamides is 1. The average molecular weight is 471 g/mol. The molecular formula is C22H26N6O4S. The van der Waals surface area contributed by atoms with Gasteiger partial charge in [0.05, 0.1) is 10.6 Å². The van der Waals surface area contributed by atoms with E-state index in [2.05, 4.69) is 20.6 Å². The number of para-hydroxylation sites is 1. The molecule has 0 spiro atoms. The number of piperazine rings is 1. The van der Waals surface area contributed by atoms with Gasteiger partial charge in [-0.2, -0.15) is 4.31 Å². The van der Waals surface area contributed by atoms with Crippen molar-refractivity contribution in [3.8, 4) is 0 Å². The first-order valence-electron chi connectivity index (χ1n) is 10.6. The van der Waals surface area contributed by atoms with Gasteiger partial charge in [-0.1, -0.05) is 24.3 Å². The van der Waals surface area contributed by atoms with Crippen LogP contribution in [0.25, 0.3) is 0 Å². The zero-order chi connectivity index (χ0) is 23.6. The summed E-state index contributed by atoms with van der Waals surface area (Å²) in [6, 6.07) is 14.2. The molecule has 2 aromatic carbocycles. The maximum Gasteiger partial charge on any atom is 0.292 e. The van der Waals surface area contributed by atoms with Crippen molar-refractivity contribution >= 4 is 39.0 Å². The van der Waals surface area contributed by atoms with Crippen molar-refractivity contribution in [2.45, 2.75) is 17.9 Å². The molecule has 2 N–H and O–H groups in total. The van der Waals surface area contributed by atoms with Crippen LogP contribution in [0.4, 0.5) is 11.4 Å². The molecule has 0 radical (unpaired) electrons. The third-order valence-electron chi connectivity index (χ3n) is 5.54. The quantitative estimate of drug-likeness (QED) is 0.671. The number of nitrogens with zero attached hydrogens (tertiary/aromatic N) is 4. The highest BCUT2D eigenvalue weighted by atomic mass is 32.2. The number of benzene rings is 2. The molecule has 1 atom stereocenters. The Bertz CT molecular complexity index is 1180. The predicted octanol–water partition coefficient (Wildman–Crippen LogP) is 0.900. The summed E-state index contributed by atoms with van der Waals surface area (Å²) in [6.07, 6.45) is 0. The van der Waals surface area contributed by atoms with Gasteiger partial charge >= 0.3 is 0 Å². The highest BCUT2D eigenvalue weighted by Crippen LogP contribution is 2.21. The molecule has 1 fully saturated rings. The third-order valence-corrected chi connectivity index (χ3v) is 7.43. The van der Waals surface area contributed by atoms with Crippen molar-refractivity contribution in [2.75, 3.05) is 43.6 Å². The van der Waals surface area contributed by atoms with Crippen molar-refractivity contribution < 1.29 is 18.0 Å². The summed E-state index contributed by atoms with van der Waals surface area (Å²) in [5.41, 5.74) is 3.66. The summed E-state index contributed by atoms with van der Waals surface area (Å²) in [5, 5.41) is 3.96. The smallest absolute Gasteiger partial charge is 0.292 e. The first-order valence-corrected chi connectivity index (χ1v) is 12.0. The molecule has 0 bridgehead atoms. The molecule has 0 aliphatic carbocycles. The number of amidine groups is 1. The fraction of sp³-hybridized carbons (Fsp3) is 0.318. The molecule has 10 nitrogen and oxygen atoms in total. The van der Waals surface area contributed by atoms with Gasteiger partial charge in [0.1, 0.15) is 6.04 Å². The molecule has 4 rings (SSSR count). The summed E-state index contributed by atoms with van der Waals surface area (Å²) >= 11 is 0. The Balaban J connectivity index is 1.51. The zero-order valence-electron chi connectivity index (χ0n) is 18.4. The van der Waals surface area contributed by atoms with Gasteiger partial charge in [0, 0.05) is 31.9 Å². The summed E-state index contributed by atoms with van der Waals surface area (Å²) in [5.74, 6) is -0.916. The Hall–Kier alpha value is -3.28. The monoisotopic (exact) mass is 470 g/mol. The number of rotatable bonds is 5. The number of hydrogen-bond donors (Lipinski definition) is 2. The van der Waals surface area contributed by atoms with Crippen LogP contribution in [0.2, 0.25) is 0 Å². The fourth-order valence-corrected chi connectivity index (χ4v) is 5.07. The van der Waals surface area contributed by atoms with Gasteiger partial charge in [0.15, 0.2) is 0 Å². The summed E-state index contributed by atoms with van der Waals surface area (Å²) in [6.45, 7) is 3.76. The lowest BCUT2D eigenvalue weighted by Crippen LogP contribution is -2.57. The zero-order valence-corrected chi connectivity index (χ0v) is 19.2. The molecule has 33 heavy (non-hydrogen) atoms. The van der Waals surface area contributed by atoms with Crippen LogP contribution in [-0.4, -0.2) is 74.5 Å². The van der Waals surface area contributed by atoms with Gasteiger partial charge in [-0.25, -0.2) is 18.4 Å². The Morgan fingerprint density at radius 3 is 2.45 bits per heavy atom. The number of amides is 2. The van der Waals surface area contributed by atoms with Crippen LogP contribution in [0, 0.1) is 0 Å². The van der Waals surface area contributed by atoms with Gasteiger partial charge in [0.2, 0.25) is 15.9 Å². The van der Waals surface area contributed by atoms with Crippen LogP contribution >= 0.6 is 0 Å². The molecule has 174 valence electrons. The Morgan fingerprint density at radius 1 is 1.06 bits per heavy atom. The van der Waals surface area contributed by atoms with E-state index in [0.717, 1.165) is 0 Å². The lowest BCUT2D eigenvalue weighted by Gasteiger charge is -2.31. The van der Waals surface area contributed by atoms with Crippen LogP contribution < -0.4 is 15.8 Å². The van der Waals surface area contributed by atoms with E-state index in [1.54, 1.807) is 43.3 Å². The van der Waals surface area contributed by atoms with Crippen molar-refractivity contribution in [3.05, 3.63) is 54.6 Å². The molecule has 2 aromatic rings. The van der Waals surface area contributed by atoms with E-state index in [1.807, 2.05) is 13.1 Å². The number of carbonyl (C=O) groups excluding carboxylic acids is 2. The molecule has 2 aliphatic heterocycles. The fourth-order valence-electron chi connectivity index (χ4n) is 3.61. The number of hydrazine groups is 1. The molecule has 1 saturated heterocycles. The second-order valence-corrected chi connectivity index (χ2v) is 9.90. The van der Waals surface area contributed by atoms with Crippen LogP contribution in [0.5, 0.6) is 0 Å². The van der Waals surface area contributed by atoms with E-state index in [-0.39, 0.29) is 16.6 Å². The Kier molecular flexibility index (Phi) is 6.45. The van der Waals surface area contributed by atoms with E-state index in [4.69, 9.17) is 0 Å². The topological polar surface area (TPSA) is 114 Å². The minimum atomic E-state index is -3.67. The van der Waals surface area contributed by atoms with Crippen LogP contribution in [0.15, 0.2) is 64.5 Å². The van der Waals surface area contributed by atoms with Gasteiger partial charge in [-0.3, -0.25) is 15.0 Å². The lowest BCUT2D eigenvalue weighted by molar-refractivity contribution is -0.120. The first-order chi connectivity index (χ1) is 15.8. The molecule has 2 amide bonds. The number of aliphatic imine (C=N–C) groups is 1. The van der Waals surface area contributed by atoms with Crippen LogP contribution in [0.1, 0.15) is 6.92 Å². The van der Waals surface area contributed by atoms with Gasteiger partial charge < -0.3 is 10.2 Å². The van der Waals surface area contributed by atoms with E-state index >= 15 is 0 Å². The van der Waals surface area contributed by atoms with Gasteiger partial charge in [-0.05, 0) is 44.3 Å². The van der Waals surface area contributed by atoms with Gasteiger partial charge in [-0.15, -0.1) is 0 Å². The minimum absolute atomic E-state index is 0.0433. The average Bonchev–Trinajstić information content (AvgIpc) is 2.81. The van der Waals surface area contributed by atoms with Crippen LogP contribution in [-0.2, 0) is 19.6 Å². The molecule has 2 aliphatic rings. The predicted molar refractivity (Wildman–Crippen MR) is 125 cm³/mol. The van der Waals surface area contributed by atoms with Gasteiger partial charge in [0.25, 0.3) is 11.8 Å². The largest absolute Gasteiger partial charge is 0.319 e. The molecule has 0 saturated carbocycles. The maximum absolute atomic E-state index is 13.0. The molecular weight excluding hydrogens is 444 g/mol. The Labute approximate surface area is 192 Å². The highest BCUT2D eigenvalue weighted by Gasteiger charge is 2.31. The standard InChI is InChI=1S/C22H26N6O4S/c1-16-22(30)28(18-8-4-3-5-9-18)25-20(23-16)21(29)24-17-7-6-10-19(15-17)33(31,32)27-13-11-26(2)12-14-27/h3-10,15-16H,11-14H2,1-2H3,(H,23,25)(H,24,29). The van der Waals surface area contributed by atoms with E-state index in [9.17, 15) is 18.0 Å². The molecule has 2 heterocycles. The molecule has 0 aromatic heterocycles. The second-order valence-electron chi connectivity index (χ2n) is 7.96. The highest BCUT2D eigenvalue weighted by molar-refractivity contribution is 7.89. The number of nitrogens with one attached hydrogen (secondary N) is 2. The normalized spacial score (nSPS) is 20.2. The van der Waals surface area contributed by atoms with Crippen molar-refractivity contribution in [2.24, 2.45) is 4.99 Å². The number of likely N-dealkylation sites (N-methyl/N-ethyl adjacent to an activating group) is 1. The van der Waals surface area contributed by atoms with Crippen LogP contribution in [0.3, 0.4) is 0 Å². The number of carbonyl (C=O) groups is 2.